The molecule has 0 bridgehead atoms. The third-order valence-electron chi connectivity index (χ3n) is 4.58. The van der Waals surface area contributed by atoms with E-state index >= 15 is 0 Å². The first-order valence-electron chi connectivity index (χ1n) is 8.59. The number of aryl methyl sites for hydroxylation is 2. The SMILES string of the molecule is CCc1ccccc1NC(=S)NNC(=O)[C@H]1C[C@H]1c1ccc(C)cc1. The van der Waals surface area contributed by atoms with Gasteiger partial charge < -0.3 is 5.32 Å². The molecule has 2 atom stereocenters. The summed E-state index contributed by atoms with van der Waals surface area (Å²) in [5, 5.41) is 3.52. The Labute approximate surface area is 154 Å². The molecule has 3 rings (SSSR count). The second-order valence-corrected chi connectivity index (χ2v) is 6.85. The van der Waals surface area contributed by atoms with Gasteiger partial charge in [0, 0.05) is 11.6 Å². The molecule has 0 aromatic heterocycles. The Morgan fingerprint density at radius 2 is 1.84 bits per heavy atom. The first kappa shape index (κ1) is 17.4. The van der Waals surface area contributed by atoms with Crippen LogP contribution in [0.4, 0.5) is 5.69 Å². The van der Waals surface area contributed by atoms with Gasteiger partial charge in [0.25, 0.3) is 0 Å². The first-order chi connectivity index (χ1) is 12.1. The number of anilines is 1. The van der Waals surface area contributed by atoms with Crippen LogP contribution in [0.1, 0.15) is 36.0 Å². The molecule has 0 aliphatic heterocycles. The predicted octanol–water partition coefficient (Wildman–Crippen LogP) is 3.68. The van der Waals surface area contributed by atoms with Gasteiger partial charge in [0.1, 0.15) is 0 Å². The highest BCUT2D eigenvalue weighted by atomic mass is 32.1. The van der Waals surface area contributed by atoms with Crippen LogP contribution in [-0.2, 0) is 11.2 Å². The van der Waals surface area contributed by atoms with E-state index in [0.29, 0.717) is 11.0 Å². The summed E-state index contributed by atoms with van der Waals surface area (Å²) in [6, 6.07) is 16.4. The van der Waals surface area contributed by atoms with Crippen LogP contribution in [0.5, 0.6) is 0 Å². The van der Waals surface area contributed by atoms with Crippen molar-refractivity contribution >= 4 is 28.9 Å². The van der Waals surface area contributed by atoms with E-state index in [1.165, 1.54) is 16.7 Å². The van der Waals surface area contributed by atoms with Crippen LogP contribution >= 0.6 is 12.2 Å². The molecule has 1 amide bonds. The number of benzene rings is 2. The lowest BCUT2D eigenvalue weighted by molar-refractivity contribution is -0.122. The van der Waals surface area contributed by atoms with Crippen molar-refractivity contribution in [2.75, 3.05) is 5.32 Å². The number of rotatable bonds is 4. The van der Waals surface area contributed by atoms with Gasteiger partial charge in [-0.15, -0.1) is 0 Å². The van der Waals surface area contributed by atoms with Crippen LogP contribution < -0.4 is 16.2 Å². The monoisotopic (exact) mass is 353 g/mol. The van der Waals surface area contributed by atoms with Gasteiger partial charge in [-0.05, 0) is 55.1 Å². The van der Waals surface area contributed by atoms with Gasteiger partial charge in [-0.2, -0.15) is 0 Å². The minimum Gasteiger partial charge on any atom is -0.331 e. The molecule has 25 heavy (non-hydrogen) atoms. The Morgan fingerprint density at radius 3 is 2.56 bits per heavy atom. The zero-order chi connectivity index (χ0) is 17.8. The summed E-state index contributed by atoms with van der Waals surface area (Å²) in [5.74, 6) is 0.309. The Morgan fingerprint density at radius 1 is 1.12 bits per heavy atom. The third kappa shape index (κ3) is 4.37. The maximum atomic E-state index is 12.3. The van der Waals surface area contributed by atoms with Crippen LogP contribution in [0, 0.1) is 12.8 Å². The Balaban J connectivity index is 1.48. The minimum atomic E-state index is -0.0153. The van der Waals surface area contributed by atoms with Crippen molar-refractivity contribution in [3.05, 3.63) is 65.2 Å². The number of carbonyl (C=O) groups excluding carboxylic acids is 1. The molecule has 4 nitrogen and oxygen atoms in total. The summed E-state index contributed by atoms with van der Waals surface area (Å²) < 4.78 is 0. The number of hydrogen-bond donors (Lipinski definition) is 3. The zero-order valence-electron chi connectivity index (χ0n) is 14.5. The fourth-order valence-corrected chi connectivity index (χ4v) is 3.14. The number of thiocarbonyl (C=S) groups is 1. The smallest absolute Gasteiger partial charge is 0.242 e. The molecule has 3 N–H and O–H groups in total. The molecular weight excluding hydrogens is 330 g/mol. The molecule has 2 aromatic rings. The molecule has 0 heterocycles. The molecule has 0 radical (unpaired) electrons. The number of hydrogen-bond acceptors (Lipinski definition) is 2. The maximum absolute atomic E-state index is 12.3. The average molecular weight is 353 g/mol. The molecule has 1 aliphatic rings. The normalized spacial score (nSPS) is 18.3. The molecule has 0 saturated heterocycles. The highest BCUT2D eigenvalue weighted by Gasteiger charge is 2.43. The van der Waals surface area contributed by atoms with Gasteiger partial charge in [-0.1, -0.05) is 55.0 Å². The van der Waals surface area contributed by atoms with Gasteiger partial charge >= 0.3 is 0 Å². The summed E-state index contributed by atoms with van der Waals surface area (Å²) in [5.41, 5.74) is 10.1. The molecule has 1 aliphatic carbocycles. The van der Waals surface area contributed by atoms with Crippen LogP contribution in [0.2, 0.25) is 0 Å². The standard InChI is InChI=1S/C20H23N3OS/c1-3-14-6-4-5-7-18(14)21-20(25)23-22-19(24)17-12-16(17)15-10-8-13(2)9-11-15/h4-11,16-17H,3,12H2,1-2H3,(H,22,24)(H2,21,23,25)/t16-,17-/m0/s1. The van der Waals surface area contributed by atoms with Gasteiger partial charge in [0.2, 0.25) is 5.91 Å². The average Bonchev–Trinajstić information content (AvgIpc) is 3.41. The van der Waals surface area contributed by atoms with Crippen LogP contribution in [0.15, 0.2) is 48.5 Å². The van der Waals surface area contributed by atoms with E-state index in [-0.39, 0.29) is 11.8 Å². The van der Waals surface area contributed by atoms with Crippen LogP contribution in [0.25, 0.3) is 0 Å². The van der Waals surface area contributed by atoms with E-state index in [4.69, 9.17) is 12.2 Å². The first-order valence-corrected chi connectivity index (χ1v) is 9.00. The van der Waals surface area contributed by atoms with Gasteiger partial charge in [0.15, 0.2) is 5.11 Å². The van der Waals surface area contributed by atoms with Crippen molar-refractivity contribution in [2.45, 2.75) is 32.6 Å². The molecule has 1 fully saturated rings. The maximum Gasteiger partial charge on any atom is 0.242 e. The Hall–Kier alpha value is -2.40. The number of nitrogens with one attached hydrogen (secondary N) is 3. The van der Waals surface area contributed by atoms with Crippen LogP contribution in [-0.4, -0.2) is 11.0 Å². The van der Waals surface area contributed by atoms with E-state index in [0.717, 1.165) is 18.5 Å². The fourth-order valence-electron chi connectivity index (χ4n) is 2.98. The van der Waals surface area contributed by atoms with E-state index < -0.39 is 0 Å². The van der Waals surface area contributed by atoms with E-state index in [1.807, 2.05) is 18.2 Å². The van der Waals surface area contributed by atoms with E-state index in [1.54, 1.807) is 0 Å². The summed E-state index contributed by atoms with van der Waals surface area (Å²) in [4.78, 5) is 12.3. The van der Waals surface area contributed by atoms with Crippen molar-refractivity contribution in [1.82, 2.24) is 10.9 Å². The fraction of sp³-hybridized carbons (Fsp3) is 0.300. The second-order valence-electron chi connectivity index (χ2n) is 6.44. The summed E-state index contributed by atoms with van der Waals surface area (Å²) in [6.07, 6.45) is 1.80. The molecule has 130 valence electrons. The summed E-state index contributed by atoms with van der Waals surface area (Å²) in [7, 11) is 0. The van der Waals surface area contributed by atoms with Crippen molar-refractivity contribution in [2.24, 2.45) is 5.92 Å². The molecule has 0 unspecified atom stereocenters. The number of amides is 1. The van der Waals surface area contributed by atoms with Crippen molar-refractivity contribution in [3.8, 4) is 0 Å². The predicted molar refractivity (Wildman–Crippen MR) is 105 cm³/mol. The molecule has 2 aromatic carbocycles. The van der Waals surface area contributed by atoms with Gasteiger partial charge in [0.05, 0.1) is 0 Å². The quantitative estimate of drug-likeness (QED) is 0.580. The second kappa shape index (κ2) is 7.66. The number of carbonyl (C=O) groups is 1. The number of hydrazine groups is 1. The topological polar surface area (TPSA) is 53.2 Å². The van der Waals surface area contributed by atoms with Gasteiger partial charge in [-0.25, -0.2) is 0 Å². The zero-order valence-corrected chi connectivity index (χ0v) is 15.3. The molecular formula is C20H23N3OS. The molecule has 0 spiro atoms. The number of para-hydroxylation sites is 1. The summed E-state index contributed by atoms with van der Waals surface area (Å²) >= 11 is 5.27. The highest BCUT2D eigenvalue weighted by Crippen LogP contribution is 2.47. The highest BCUT2D eigenvalue weighted by molar-refractivity contribution is 7.80. The van der Waals surface area contributed by atoms with E-state index in [9.17, 15) is 4.79 Å². The van der Waals surface area contributed by atoms with Crippen molar-refractivity contribution < 1.29 is 4.79 Å². The molecule has 1 saturated carbocycles. The lowest BCUT2D eigenvalue weighted by Gasteiger charge is -2.14. The van der Waals surface area contributed by atoms with Crippen molar-refractivity contribution in [1.29, 1.82) is 0 Å². The van der Waals surface area contributed by atoms with Crippen LogP contribution in [0.3, 0.4) is 0 Å². The lowest BCUT2D eigenvalue weighted by Crippen LogP contribution is -2.44. The minimum absolute atomic E-state index is 0.0148. The molecule has 5 heteroatoms. The Bertz CT molecular complexity index is 773. The lowest BCUT2D eigenvalue weighted by atomic mass is 10.1. The van der Waals surface area contributed by atoms with Crippen molar-refractivity contribution in [3.63, 3.8) is 0 Å². The third-order valence-corrected chi connectivity index (χ3v) is 4.78. The Kier molecular flexibility index (Phi) is 5.34. The summed E-state index contributed by atoms with van der Waals surface area (Å²) in [6.45, 7) is 4.16. The van der Waals surface area contributed by atoms with E-state index in [2.05, 4.69) is 60.3 Å². The largest absolute Gasteiger partial charge is 0.331 e. The van der Waals surface area contributed by atoms with Gasteiger partial charge in [-0.3, -0.25) is 15.6 Å².